The minimum absolute atomic E-state index is 0.310. The Morgan fingerprint density at radius 1 is 1.19 bits per heavy atom. The number of nitrogens with zero attached hydrogens (tertiary/aromatic N) is 4. The fourth-order valence-electron chi connectivity index (χ4n) is 5.34. The quantitative estimate of drug-likeness (QED) is 0.802. The van der Waals surface area contributed by atoms with Crippen LogP contribution in [0.15, 0.2) is 0 Å². The van der Waals surface area contributed by atoms with Gasteiger partial charge in [0.15, 0.2) is 0 Å². The van der Waals surface area contributed by atoms with Crippen LogP contribution in [-0.4, -0.2) is 51.0 Å². The van der Waals surface area contributed by atoms with Gasteiger partial charge in [-0.3, -0.25) is 9.69 Å². The molecule has 6 heteroatoms. The number of aromatic nitrogens is 2. The molecule has 1 aromatic heterocycles. The predicted molar refractivity (Wildman–Crippen MR) is 104 cm³/mol. The molecule has 1 saturated carbocycles. The van der Waals surface area contributed by atoms with Crippen LogP contribution in [0.3, 0.4) is 0 Å². The molecule has 3 aliphatic rings. The first kappa shape index (κ1) is 18.4. The summed E-state index contributed by atoms with van der Waals surface area (Å²) in [6, 6.07) is 0.522. The lowest BCUT2D eigenvalue weighted by atomic mass is 9.73. The average molecular weight is 377 g/mol. The van der Waals surface area contributed by atoms with Crippen molar-refractivity contribution in [2.24, 2.45) is 5.41 Å². The maximum absolute atomic E-state index is 12.6. The van der Waals surface area contributed by atoms with E-state index in [9.17, 15) is 4.79 Å². The van der Waals surface area contributed by atoms with Crippen molar-refractivity contribution in [1.29, 1.82) is 0 Å². The summed E-state index contributed by atoms with van der Waals surface area (Å²) in [7, 11) is 0. The fourth-order valence-corrected chi connectivity index (χ4v) is 6.18. The van der Waals surface area contributed by atoms with E-state index < -0.39 is 0 Å². The Bertz CT molecular complexity index is 640. The molecule has 1 spiro atoms. The van der Waals surface area contributed by atoms with Crippen LogP contribution >= 0.6 is 11.5 Å². The molecule has 0 unspecified atom stereocenters. The van der Waals surface area contributed by atoms with Crippen molar-refractivity contribution in [3.8, 4) is 0 Å². The second kappa shape index (κ2) is 7.55. The Morgan fingerprint density at radius 2 is 2.00 bits per heavy atom. The van der Waals surface area contributed by atoms with Crippen LogP contribution in [0.2, 0.25) is 0 Å². The first-order chi connectivity index (χ1) is 12.6. The first-order valence-corrected chi connectivity index (χ1v) is 11.2. The van der Waals surface area contributed by atoms with Crippen LogP contribution in [-0.2, 0) is 11.3 Å². The lowest BCUT2D eigenvalue weighted by molar-refractivity contribution is -0.142. The van der Waals surface area contributed by atoms with Gasteiger partial charge in [-0.05, 0) is 56.1 Å². The number of piperidine rings is 2. The van der Waals surface area contributed by atoms with Gasteiger partial charge in [-0.2, -0.15) is 0 Å². The number of carbonyl (C=O) groups excluding carboxylic acids is 1. The molecule has 4 rings (SSSR count). The van der Waals surface area contributed by atoms with Crippen LogP contribution < -0.4 is 0 Å². The first-order valence-electron chi connectivity index (χ1n) is 10.4. The van der Waals surface area contributed by atoms with E-state index in [0.717, 1.165) is 39.0 Å². The van der Waals surface area contributed by atoms with E-state index in [1.54, 1.807) is 11.5 Å². The van der Waals surface area contributed by atoms with Crippen LogP contribution in [0.4, 0.5) is 0 Å². The topological polar surface area (TPSA) is 49.3 Å². The van der Waals surface area contributed by atoms with Crippen molar-refractivity contribution in [1.82, 2.24) is 19.4 Å². The van der Waals surface area contributed by atoms with Crippen molar-refractivity contribution >= 4 is 17.4 Å². The summed E-state index contributed by atoms with van der Waals surface area (Å²) < 4.78 is 4.20. The molecule has 144 valence electrons. The minimum Gasteiger partial charge on any atom is -0.339 e. The highest BCUT2D eigenvalue weighted by Gasteiger charge is 2.43. The Labute approximate surface area is 161 Å². The average Bonchev–Trinajstić information content (AvgIpc) is 3.29. The van der Waals surface area contributed by atoms with Crippen LogP contribution in [0.1, 0.15) is 81.7 Å². The summed E-state index contributed by atoms with van der Waals surface area (Å²) in [5.74, 6) is 0.848. The van der Waals surface area contributed by atoms with Crippen molar-refractivity contribution in [3.63, 3.8) is 0 Å². The van der Waals surface area contributed by atoms with E-state index in [4.69, 9.17) is 0 Å². The number of carbonyl (C=O) groups is 1. The fraction of sp³-hybridized carbons (Fsp3) is 0.850. The van der Waals surface area contributed by atoms with Gasteiger partial charge in [0.25, 0.3) is 0 Å². The van der Waals surface area contributed by atoms with Gasteiger partial charge in [-0.25, -0.2) is 0 Å². The third-order valence-electron chi connectivity index (χ3n) is 6.70. The molecule has 3 fully saturated rings. The molecule has 0 aromatic carbocycles. The van der Waals surface area contributed by atoms with E-state index in [1.165, 1.54) is 49.1 Å². The van der Waals surface area contributed by atoms with Gasteiger partial charge in [0.05, 0.1) is 10.6 Å². The summed E-state index contributed by atoms with van der Waals surface area (Å²) in [5, 5.41) is 4.35. The second-order valence-electron chi connectivity index (χ2n) is 9.01. The van der Waals surface area contributed by atoms with Crippen molar-refractivity contribution < 1.29 is 4.79 Å². The summed E-state index contributed by atoms with van der Waals surface area (Å²) >= 11 is 1.56. The highest BCUT2D eigenvalue weighted by atomic mass is 32.1. The molecule has 5 nitrogen and oxygen atoms in total. The van der Waals surface area contributed by atoms with Crippen molar-refractivity contribution in [2.45, 2.75) is 83.7 Å². The van der Waals surface area contributed by atoms with Crippen LogP contribution in [0, 0.1) is 5.41 Å². The molecule has 0 radical (unpaired) electrons. The zero-order valence-corrected chi connectivity index (χ0v) is 17.1. The molecule has 0 bridgehead atoms. The summed E-state index contributed by atoms with van der Waals surface area (Å²) in [6.45, 7) is 8.65. The van der Waals surface area contributed by atoms with Gasteiger partial charge in [-0.1, -0.05) is 31.2 Å². The van der Waals surface area contributed by atoms with Gasteiger partial charge < -0.3 is 4.90 Å². The minimum atomic E-state index is 0.310. The van der Waals surface area contributed by atoms with E-state index in [-0.39, 0.29) is 0 Å². The normalized spacial score (nSPS) is 28.6. The Hall–Kier alpha value is -1.01. The molecule has 26 heavy (non-hydrogen) atoms. The van der Waals surface area contributed by atoms with E-state index in [2.05, 4.69) is 33.2 Å². The summed E-state index contributed by atoms with van der Waals surface area (Å²) in [4.78, 5) is 18.8. The smallest absolute Gasteiger partial charge is 0.222 e. The highest BCUT2D eigenvalue weighted by Crippen LogP contribution is 2.41. The SMILES string of the molecule is CC(C)c1nnsc1CN1CCC[C@]2(CCC(=O)N(C3CCCC3)C2)C1. The number of hydrogen-bond donors (Lipinski definition) is 0. The predicted octanol–water partition coefficient (Wildman–Crippen LogP) is 3.81. The molecule has 0 N–H and O–H groups in total. The molecule has 3 heterocycles. The number of amides is 1. The molecule has 1 aliphatic carbocycles. The van der Waals surface area contributed by atoms with Gasteiger partial charge in [-0.15, -0.1) is 5.10 Å². The maximum Gasteiger partial charge on any atom is 0.222 e. The third-order valence-corrected chi connectivity index (χ3v) is 7.42. The standard InChI is InChI=1S/C20H32N4OS/c1-15(2)19-17(26-22-21-19)12-23-11-5-9-20(13-23)10-8-18(25)24(14-20)16-6-3-4-7-16/h15-16H,3-14H2,1-2H3/t20-/m0/s1. The van der Waals surface area contributed by atoms with Gasteiger partial charge in [0.2, 0.25) is 5.91 Å². The molecule has 2 saturated heterocycles. The maximum atomic E-state index is 12.6. The molecule has 1 aromatic rings. The van der Waals surface area contributed by atoms with Crippen LogP contribution in [0.25, 0.3) is 0 Å². The van der Waals surface area contributed by atoms with E-state index in [1.807, 2.05) is 0 Å². The molecule has 1 atom stereocenters. The highest BCUT2D eigenvalue weighted by molar-refractivity contribution is 7.05. The zero-order valence-electron chi connectivity index (χ0n) is 16.2. The zero-order chi connectivity index (χ0) is 18.1. The Kier molecular flexibility index (Phi) is 5.33. The lowest BCUT2D eigenvalue weighted by Crippen LogP contribution is -2.55. The van der Waals surface area contributed by atoms with E-state index in [0.29, 0.717) is 23.3 Å². The molecule has 1 amide bonds. The van der Waals surface area contributed by atoms with Crippen molar-refractivity contribution in [3.05, 3.63) is 10.6 Å². The number of rotatable bonds is 4. The lowest BCUT2D eigenvalue weighted by Gasteiger charge is -2.49. The second-order valence-corrected chi connectivity index (χ2v) is 9.85. The summed E-state index contributed by atoms with van der Waals surface area (Å²) in [5.41, 5.74) is 1.48. The molecular formula is C20H32N4OS. The van der Waals surface area contributed by atoms with Crippen LogP contribution in [0.5, 0.6) is 0 Å². The Morgan fingerprint density at radius 3 is 2.77 bits per heavy atom. The third kappa shape index (κ3) is 3.68. The van der Waals surface area contributed by atoms with Gasteiger partial charge in [0, 0.05) is 37.5 Å². The number of hydrogen-bond acceptors (Lipinski definition) is 5. The summed E-state index contributed by atoms with van der Waals surface area (Å²) in [6.07, 6.45) is 9.38. The number of likely N-dealkylation sites (tertiary alicyclic amines) is 2. The monoisotopic (exact) mass is 376 g/mol. The van der Waals surface area contributed by atoms with E-state index >= 15 is 0 Å². The molecule has 2 aliphatic heterocycles. The largest absolute Gasteiger partial charge is 0.339 e. The van der Waals surface area contributed by atoms with Crippen molar-refractivity contribution in [2.75, 3.05) is 19.6 Å². The Balaban J connectivity index is 1.45. The van der Waals surface area contributed by atoms with Gasteiger partial charge >= 0.3 is 0 Å². The van der Waals surface area contributed by atoms with Gasteiger partial charge in [0.1, 0.15) is 0 Å². The molecular weight excluding hydrogens is 344 g/mol.